The summed E-state index contributed by atoms with van der Waals surface area (Å²) in [6.07, 6.45) is 4.07. The minimum atomic E-state index is 0.217. The highest BCUT2D eigenvalue weighted by Gasteiger charge is 2.11. The first-order valence-electron chi connectivity index (χ1n) is 13.5. The zero-order chi connectivity index (χ0) is 27.7. The molecule has 0 N–H and O–H groups in total. The maximum Gasteiger partial charge on any atom is 0.133 e. The van der Waals surface area contributed by atoms with Gasteiger partial charge >= 0.3 is 0 Å². The molecule has 0 fully saturated rings. The molecule has 3 aromatic rings. The number of Topliss-reactive ketones (excluding diaryl/α,β-unsaturated/α-hetero) is 1. The van der Waals surface area contributed by atoms with Crippen LogP contribution in [0.4, 0.5) is 0 Å². The van der Waals surface area contributed by atoms with Crippen LogP contribution in [-0.4, -0.2) is 71.2 Å². The molecule has 0 radical (unpaired) electrons. The van der Waals surface area contributed by atoms with Gasteiger partial charge in [-0.3, -0.25) is 9.78 Å². The lowest BCUT2D eigenvalue weighted by atomic mass is 9.97. The molecule has 0 amide bonds. The first-order chi connectivity index (χ1) is 19.1. The fourth-order valence-corrected chi connectivity index (χ4v) is 4.17. The Morgan fingerprint density at radius 2 is 1.46 bits per heavy atom. The van der Waals surface area contributed by atoms with Gasteiger partial charge in [-0.25, -0.2) is 0 Å². The van der Waals surface area contributed by atoms with Crippen molar-refractivity contribution in [1.82, 2.24) is 4.98 Å². The number of pyridine rings is 1. The number of rotatable bonds is 19. The molecule has 0 aliphatic heterocycles. The van der Waals surface area contributed by atoms with E-state index in [0.717, 1.165) is 28.1 Å². The van der Waals surface area contributed by atoms with Gasteiger partial charge in [-0.15, -0.1) is 0 Å². The highest BCUT2D eigenvalue weighted by atomic mass is 16.6. The Kier molecular flexibility index (Phi) is 13.6. The van der Waals surface area contributed by atoms with Crippen molar-refractivity contribution in [2.45, 2.75) is 32.6 Å². The SMILES string of the molecule is COCCOCCOCCOCCCC(=O)CCc1cc(-c2cc(-c3cccc(C)c3)ccc2OC)ccn1. The average Bonchev–Trinajstić information content (AvgIpc) is 2.96. The van der Waals surface area contributed by atoms with E-state index in [2.05, 4.69) is 54.4 Å². The van der Waals surface area contributed by atoms with Crippen LogP contribution in [0.25, 0.3) is 22.3 Å². The van der Waals surface area contributed by atoms with Crippen molar-refractivity contribution in [1.29, 1.82) is 0 Å². The molecule has 0 spiro atoms. The van der Waals surface area contributed by atoms with Crippen molar-refractivity contribution in [2.75, 3.05) is 60.5 Å². The molecular weight excluding hydrogens is 494 g/mol. The van der Waals surface area contributed by atoms with Gasteiger partial charge in [0.25, 0.3) is 0 Å². The lowest BCUT2D eigenvalue weighted by Crippen LogP contribution is -2.12. The van der Waals surface area contributed by atoms with Crippen LogP contribution in [0.1, 0.15) is 30.5 Å². The molecule has 0 aliphatic carbocycles. The Bertz CT molecular complexity index is 1150. The quantitative estimate of drug-likeness (QED) is 0.182. The lowest BCUT2D eigenvalue weighted by Gasteiger charge is -2.13. The predicted octanol–water partition coefficient (Wildman–Crippen LogP) is 5.71. The first-order valence-corrected chi connectivity index (χ1v) is 13.5. The Morgan fingerprint density at radius 3 is 2.18 bits per heavy atom. The van der Waals surface area contributed by atoms with E-state index in [9.17, 15) is 4.79 Å². The summed E-state index contributed by atoms with van der Waals surface area (Å²) in [6, 6.07) is 18.7. The molecule has 0 aliphatic rings. The number of ether oxygens (including phenoxy) is 5. The lowest BCUT2D eigenvalue weighted by molar-refractivity contribution is -0.119. The second kappa shape index (κ2) is 17.5. The van der Waals surface area contributed by atoms with E-state index in [0.29, 0.717) is 71.9 Å². The topological polar surface area (TPSA) is 76.1 Å². The normalized spacial score (nSPS) is 11.1. The molecule has 210 valence electrons. The molecule has 0 atom stereocenters. The first kappa shape index (κ1) is 30.4. The number of ketones is 1. The Hall–Kier alpha value is -3.10. The largest absolute Gasteiger partial charge is 0.496 e. The predicted molar refractivity (Wildman–Crippen MR) is 153 cm³/mol. The molecule has 1 aromatic heterocycles. The molecule has 7 heteroatoms. The van der Waals surface area contributed by atoms with Crippen molar-refractivity contribution in [2.24, 2.45) is 0 Å². The third kappa shape index (κ3) is 10.9. The van der Waals surface area contributed by atoms with Gasteiger partial charge in [-0.05, 0) is 60.7 Å². The van der Waals surface area contributed by atoms with Crippen LogP contribution in [0.2, 0.25) is 0 Å². The van der Waals surface area contributed by atoms with Gasteiger partial charge < -0.3 is 23.7 Å². The van der Waals surface area contributed by atoms with Crippen molar-refractivity contribution in [3.63, 3.8) is 0 Å². The number of benzene rings is 2. The van der Waals surface area contributed by atoms with E-state index in [1.165, 1.54) is 11.1 Å². The molecule has 0 saturated carbocycles. The molecule has 0 saturated heterocycles. The molecule has 0 unspecified atom stereocenters. The van der Waals surface area contributed by atoms with E-state index in [4.69, 9.17) is 23.7 Å². The van der Waals surface area contributed by atoms with Gasteiger partial charge in [0.2, 0.25) is 0 Å². The van der Waals surface area contributed by atoms with Gasteiger partial charge in [0.15, 0.2) is 0 Å². The van der Waals surface area contributed by atoms with Crippen LogP contribution in [0, 0.1) is 6.92 Å². The molecule has 39 heavy (non-hydrogen) atoms. The maximum atomic E-state index is 12.4. The van der Waals surface area contributed by atoms with Crippen LogP contribution in [0.5, 0.6) is 5.75 Å². The minimum Gasteiger partial charge on any atom is -0.496 e. The van der Waals surface area contributed by atoms with Crippen LogP contribution in [0.3, 0.4) is 0 Å². The molecule has 1 heterocycles. The summed E-state index contributed by atoms with van der Waals surface area (Å²) in [5.41, 5.74) is 6.44. The van der Waals surface area contributed by atoms with Crippen LogP contribution in [0.15, 0.2) is 60.8 Å². The Balaban J connectivity index is 1.41. The number of hydrogen-bond donors (Lipinski definition) is 0. The Morgan fingerprint density at radius 1 is 0.744 bits per heavy atom. The third-order valence-corrected chi connectivity index (χ3v) is 6.26. The number of aryl methyl sites for hydroxylation is 2. The summed E-state index contributed by atoms with van der Waals surface area (Å²) in [5.74, 6) is 1.02. The maximum absolute atomic E-state index is 12.4. The van der Waals surface area contributed by atoms with Crippen molar-refractivity contribution in [3.05, 3.63) is 72.1 Å². The van der Waals surface area contributed by atoms with Crippen LogP contribution >= 0.6 is 0 Å². The molecule has 0 bridgehead atoms. The average molecular weight is 536 g/mol. The minimum absolute atomic E-state index is 0.217. The second-order valence-corrected chi connectivity index (χ2v) is 9.29. The smallest absolute Gasteiger partial charge is 0.133 e. The third-order valence-electron chi connectivity index (χ3n) is 6.26. The van der Waals surface area contributed by atoms with E-state index < -0.39 is 0 Å². The molecule has 2 aromatic carbocycles. The van der Waals surface area contributed by atoms with E-state index >= 15 is 0 Å². The molecular formula is C32H41NO6. The number of carbonyl (C=O) groups is 1. The summed E-state index contributed by atoms with van der Waals surface area (Å²) in [6.45, 7) is 5.91. The van der Waals surface area contributed by atoms with E-state index in [1.54, 1.807) is 20.4 Å². The monoisotopic (exact) mass is 535 g/mol. The fraction of sp³-hybridized carbons (Fsp3) is 0.438. The van der Waals surface area contributed by atoms with Gasteiger partial charge in [0.1, 0.15) is 11.5 Å². The van der Waals surface area contributed by atoms with Crippen molar-refractivity contribution in [3.8, 4) is 28.0 Å². The summed E-state index contributed by atoms with van der Waals surface area (Å²) in [4.78, 5) is 16.9. The zero-order valence-electron chi connectivity index (χ0n) is 23.4. The van der Waals surface area contributed by atoms with Gasteiger partial charge in [-0.2, -0.15) is 0 Å². The second-order valence-electron chi connectivity index (χ2n) is 9.29. The van der Waals surface area contributed by atoms with Crippen LogP contribution < -0.4 is 4.74 Å². The molecule has 3 rings (SSSR count). The highest BCUT2D eigenvalue weighted by Crippen LogP contribution is 2.34. The number of carbonyl (C=O) groups excluding carboxylic acids is 1. The van der Waals surface area contributed by atoms with Crippen molar-refractivity contribution < 1.29 is 28.5 Å². The number of hydrogen-bond acceptors (Lipinski definition) is 7. The van der Waals surface area contributed by atoms with Gasteiger partial charge in [-0.1, -0.05) is 35.9 Å². The van der Waals surface area contributed by atoms with Crippen LogP contribution in [-0.2, 0) is 30.2 Å². The van der Waals surface area contributed by atoms with Gasteiger partial charge in [0, 0.05) is 44.0 Å². The number of aromatic nitrogens is 1. The fourth-order valence-electron chi connectivity index (χ4n) is 4.17. The summed E-state index contributed by atoms with van der Waals surface area (Å²) < 4.78 is 26.9. The molecule has 7 nitrogen and oxygen atoms in total. The Labute approximate surface area is 232 Å². The van der Waals surface area contributed by atoms with E-state index in [1.807, 2.05) is 12.1 Å². The summed E-state index contributed by atoms with van der Waals surface area (Å²) in [5, 5.41) is 0. The van der Waals surface area contributed by atoms with E-state index in [-0.39, 0.29) is 5.78 Å². The summed E-state index contributed by atoms with van der Waals surface area (Å²) in [7, 11) is 3.33. The van der Waals surface area contributed by atoms with Gasteiger partial charge in [0.05, 0.1) is 46.8 Å². The summed E-state index contributed by atoms with van der Waals surface area (Å²) >= 11 is 0. The number of nitrogens with zero attached hydrogens (tertiary/aromatic N) is 1. The highest BCUT2D eigenvalue weighted by molar-refractivity contribution is 5.79. The standard InChI is InChI=1S/C32H41NO6/c1-25-6-4-7-26(22-25)27-9-12-32(36-3)31(24-27)28-13-14-33-29(23-28)10-11-30(34)8-5-15-37-18-19-39-21-20-38-17-16-35-2/h4,6-7,9,12-14,22-24H,5,8,10-11,15-21H2,1-3H3. The van der Waals surface area contributed by atoms with Crippen molar-refractivity contribution >= 4 is 5.78 Å². The zero-order valence-corrected chi connectivity index (χ0v) is 23.4. The number of methoxy groups -OCH3 is 2.